The minimum absolute atomic E-state index is 0.257. The summed E-state index contributed by atoms with van der Waals surface area (Å²) in [7, 11) is 3.32. The molecule has 98 valence electrons. The third-order valence-electron chi connectivity index (χ3n) is 3.23. The summed E-state index contributed by atoms with van der Waals surface area (Å²) in [5, 5.41) is 0. The summed E-state index contributed by atoms with van der Waals surface area (Å²) >= 11 is 0. The van der Waals surface area contributed by atoms with Crippen LogP contribution in [0.2, 0.25) is 0 Å². The van der Waals surface area contributed by atoms with Crippen molar-refractivity contribution in [3.05, 3.63) is 0 Å². The van der Waals surface area contributed by atoms with Gasteiger partial charge in [0.15, 0.2) is 6.29 Å². The molecule has 4 nitrogen and oxygen atoms in total. The van der Waals surface area contributed by atoms with Crippen LogP contribution in [0.5, 0.6) is 0 Å². The lowest BCUT2D eigenvalue weighted by Crippen LogP contribution is -2.60. The fraction of sp³-hybridized carbons (Fsp3) is 1.00. The summed E-state index contributed by atoms with van der Waals surface area (Å²) in [6.45, 7) is 8.95. The minimum Gasteiger partial charge on any atom is -0.354 e. The number of unbranched alkanes of at least 4 members (excludes halogenated alkanes) is 1. The maximum Gasteiger partial charge on any atom is 0.176 e. The van der Waals surface area contributed by atoms with E-state index >= 15 is 0 Å². The van der Waals surface area contributed by atoms with Crippen molar-refractivity contribution in [1.82, 2.24) is 4.90 Å². The molecule has 1 atom stereocenters. The molecular weight excluding hydrogens is 204 g/mol. The van der Waals surface area contributed by atoms with Crippen molar-refractivity contribution in [3.63, 3.8) is 0 Å². The summed E-state index contributed by atoms with van der Waals surface area (Å²) < 4.78 is 10.7. The van der Waals surface area contributed by atoms with E-state index in [1.54, 1.807) is 14.2 Å². The van der Waals surface area contributed by atoms with E-state index in [1.807, 2.05) is 0 Å². The molecule has 0 aromatic heterocycles. The maximum absolute atomic E-state index is 5.91. The van der Waals surface area contributed by atoms with Crippen LogP contribution in [0.25, 0.3) is 0 Å². The number of nitrogens with zero attached hydrogens (tertiary/aromatic N) is 1. The van der Waals surface area contributed by atoms with Crippen molar-refractivity contribution in [1.29, 1.82) is 0 Å². The predicted molar refractivity (Wildman–Crippen MR) is 67.4 cm³/mol. The van der Waals surface area contributed by atoms with Crippen molar-refractivity contribution in [2.24, 2.45) is 5.73 Å². The van der Waals surface area contributed by atoms with Gasteiger partial charge in [-0.15, -0.1) is 0 Å². The van der Waals surface area contributed by atoms with Crippen LogP contribution in [-0.4, -0.2) is 50.6 Å². The van der Waals surface area contributed by atoms with Gasteiger partial charge in [-0.3, -0.25) is 4.90 Å². The number of methoxy groups -OCH3 is 2. The van der Waals surface area contributed by atoms with E-state index in [0.29, 0.717) is 6.54 Å². The first-order valence-corrected chi connectivity index (χ1v) is 6.11. The highest BCUT2D eigenvalue weighted by Crippen LogP contribution is 2.22. The van der Waals surface area contributed by atoms with Gasteiger partial charge in [-0.2, -0.15) is 0 Å². The Labute approximate surface area is 100 Å². The molecule has 0 aromatic carbocycles. The zero-order chi connectivity index (χ0) is 12.6. The molecular formula is C12H28N2O2. The molecule has 0 saturated heterocycles. The lowest BCUT2D eigenvalue weighted by molar-refractivity contribution is -0.180. The molecule has 0 aliphatic rings. The third-order valence-corrected chi connectivity index (χ3v) is 3.23. The Morgan fingerprint density at radius 3 is 2.12 bits per heavy atom. The van der Waals surface area contributed by atoms with Gasteiger partial charge in [0.05, 0.1) is 5.54 Å². The summed E-state index contributed by atoms with van der Waals surface area (Å²) in [5.74, 6) is 0. The highest BCUT2D eigenvalue weighted by atomic mass is 16.7. The molecule has 0 rings (SSSR count). The van der Waals surface area contributed by atoms with Gasteiger partial charge in [0, 0.05) is 20.8 Å². The van der Waals surface area contributed by atoms with Crippen LogP contribution < -0.4 is 5.73 Å². The number of ether oxygens (including phenoxy) is 2. The average molecular weight is 232 g/mol. The van der Waals surface area contributed by atoms with E-state index in [0.717, 1.165) is 13.1 Å². The Balaban J connectivity index is 4.71. The Morgan fingerprint density at radius 1 is 1.25 bits per heavy atom. The molecule has 0 aliphatic heterocycles. The number of likely N-dealkylation sites (N-methyl/N-ethyl adjacent to an activating group) is 1. The highest BCUT2D eigenvalue weighted by molar-refractivity contribution is 4.90. The van der Waals surface area contributed by atoms with Gasteiger partial charge in [-0.1, -0.05) is 20.3 Å². The second-order valence-corrected chi connectivity index (χ2v) is 4.30. The Morgan fingerprint density at radius 2 is 1.81 bits per heavy atom. The van der Waals surface area contributed by atoms with Crippen LogP contribution in [-0.2, 0) is 9.47 Å². The van der Waals surface area contributed by atoms with Gasteiger partial charge in [0.1, 0.15) is 0 Å². The van der Waals surface area contributed by atoms with E-state index in [1.165, 1.54) is 12.8 Å². The molecule has 2 N–H and O–H groups in total. The van der Waals surface area contributed by atoms with Gasteiger partial charge >= 0.3 is 0 Å². The van der Waals surface area contributed by atoms with Gasteiger partial charge in [0.25, 0.3) is 0 Å². The Bertz CT molecular complexity index is 174. The normalized spacial score (nSPS) is 15.8. The molecule has 16 heavy (non-hydrogen) atoms. The fourth-order valence-corrected chi connectivity index (χ4v) is 2.10. The topological polar surface area (TPSA) is 47.7 Å². The van der Waals surface area contributed by atoms with Gasteiger partial charge in [-0.25, -0.2) is 0 Å². The molecule has 0 bridgehead atoms. The SMILES string of the molecule is CCCCN(CC)C(C)(CN)C(OC)OC. The number of hydrogen-bond acceptors (Lipinski definition) is 4. The van der Waals surface area contributed by atoms with Crippen LogP contribution >= 0.6 is 0 Å². The van der Waals surface area contributed by atoms with E-state index in [2.05, 4.69) is 25.7 Å². The average Bonchev–Trinajstić information content (AvgIpc) is 2.31. The van der Waals surface area contributed by atoms with Crippen molar-refractivity contribution < 1.29 is 9.47 Å². The largest absolute Gasteiger partial charge is 0.354 e. The maximum atomic E-state index is 5.91. The second kappa shape index (κ2) is 8.01. The summed E-state index contributed by atoms with van der Waals surface area (Å²) in [4.78, 5) is 2.34. The molecule has 0 aromatic rings. The third kappa shape index (κ3) is 3.70. The first kappa shape index (κ1) is 15.8. The fourth-order valence-electron chi connectivity index (χ4n) is 2.10. The molecule has 0 radical (unpaired) electrons. The lowest BCUT2D eigenvalue weighted by atomic mass is 9.98. The quantitative estimate of drug-likeness (QED) is 0.611. The first-order valence-electron chi connectivity index (χ1n) is 6.11. The van der Waals surface area contributed by atoms with Gasteiger partial charge in [-0.05, 0) is 26.4 Å². The highest BCUT2D eigenvalue weighted by Gasteiger charge is 2.38. The van der Waals surface area contributed by atoms with E-state index < -0.39 is 0 Å². The van der Waals surface area contributed by atoms with Crippen LogP contribution in [0.4, 0.5) is 0 Å². The Kier molecular flexibility index (Phi) is 7.93. The standard InChI is InChI=1S/C12H28N2O2/c1-6-8-9-14(7-2)12(3,10-13)11(15-4)16-5/h11H,6-10,13H2,1-5H3. The molecule has 0 amide bonds. The summed E-state index contributed by atoms with van der Waals surface area (Å²) in [6.07, 6.45) is 2.07. The van der Waals surface area contributed by atoms with Crippen molar-refractivity contribution >= 4 is 0 Å². The lowest BCUT2D eigenvalue weighted by Gasteiger charge is -2.44. The molecule has 0 fully saturated rings. The zero-order valence-electron chi connectivity index (χ0n) is 11.5. The second-order valence-electron chi connectivity index (χ2n) is 4.30. The molecule has 0 aliphatic carbocycles. The van der Waals surface area contributed by atoms with E-state index in [-0.39, 0.29) is 11.8 Å². The van der Waals surface area contributed by atoms with Crippen LogP contribution in [0.3, 0.4) is 0 Å². The first-order chi connectivity index (χ1) is 7.60. The van der Waals surface area contributed by atoms with Gasteiger partial charge < -0.3 is 15.2 Å². The van der Waals surface area contributed by atoms with Crippen LogP contribution in [0, 0.1) is 0 Å². The van der Waals surface area contributed by atoms with E-state index in [4.69, 9.17) is 15.2 Å². The summed E-state index contributed by atoms with van der Waals surface area (Å²) in [6, 6.07) is 0. The smallest absolute Gasteiger partial charge is 0.176 e. The number of rotatable bonds is 9. The number of hydrogen-bond donors (Lipinski definition) is 1. The molecule has 4 heteroatoms. The molecule has 0 spiro atoms. The van der Waals surface area contributed by atoms with Crippen molar-refractivity contribution in [3.8, 4) is 0 Å². The van der Waals surface area contributed by atoms with Crippen molar-refractivity contribution in [2.45, 2.75) is 45.4 Å². The summed E-state index contributed by atoms with van der Waals surface area (Å²) in [5.41, 5.74) is 5.65. The molecule has 0 heterocycles. The molecule has 0 saturated carbocycles. The van der Waals surface area contributed by atoms with Crippen molar-refractivity contribution in [2.75, 3.05) is 33.9 Å². The van der Waals surface area contributed by atoms with Crippen LogP contribution in [0.1, 0.15) is 33.6 Å². The van der Waals surface area contributed by atoms with Gasteiger partial charge in [0.2, 0.25) is 0 Å². The zero-order valence-corrected chi connectivity index (χ0v) is 11.5. The molecule has 1 unspecified atom stereocenters. The monoisotopic (exact) mass is 232 g/mol. The number of nitrogens with two attached hydrogens (primary N) is 1. The predicted octanol–water partition coefficient (Wildman–Crippen LogP) is 1.44. The van der Waals surface area contributed by atoms with Crippen LogP contribution in [0.15, 0.2) is 0 Å². The van der Waals surface area contributed by atoms with E-state index in [9.17, 15) is 0 Å². The Hall–Kier alpha value is -0.160. The minimum atomic E-state index is -0.283.